The van der Waals surface area contributed by atoms with Gasteiger partial charge in [0.2, 0.25) is 0 Å². The van der Waals surface area contributed by atoms with Crippen molar-refractivity contribution in [2.75, 3.05) is 18.9 Å². The van der Waals surface area contributed by atoms with Crippen molar-refractivity contribution >= 4 is 19.9 Å². The second-order valence-electron chi connectivity index (χ2n) is 14.0. The molecule has 3 N–H and O–H groups in total. The molecule has 0 saturated carbocycles. The Hall–Kier alpha value is -3.49. The quantitative estimate of drug-likeness (QED) is 0.0526. The number of nitrogens with two attached hydrogens (primary N) is 1. The van der Waals surface area contributed by atoms with Crippen molar-refractivity contribution in [2.24, 2.45) is 0 Å². The fraction of sp³-hybridized carbons (Fsp3) is 0.558. The molecule has 0 bridgehead atoms. The normalized spacial score (nSPS) is 16.4. The monoisotopic (exact) mass is 777 g/mol. The van der Waals surface area contributed by atoms with Crippen LogP contribution in [0.4, 0.5) is 10.2 Å². The van der Waals surface area contributed by atoms with E-state index in [-0.39, 0.29) is 37.6 Å². The minimum Gasteiger partial charge on any atom is -0.382 e. The lowest BCUT2D eigenvalue weighted by Gasteiger charge is -2.21. The van der Waals surface area contributed by atoms with E-state index in [1.165, 1.54) is 94.7 Å². The molecule has 1 aliphatic rings. The van der Waals surface area contributed by atoms with Crippen LogP contribution in [-0.2, 0) is 31.5 Å². The summed E-state index contributed by atoms with van der Waals surface area (Å²) in [7, 11) is -2.22. The number of benzene rings is 2. The highest BCUT2D eigenvalue weighted by molar-refractivity contribution is 7.40. The summed E-state index contributed by atoms with van der Waals surface area (Å²) >= 11 is 0. The van der Waals surface area contributed by atoms with Gasteiger partial charge in [0.25, 0.3) is 0 Å². The smallest absolute Gasteiger partial charge is 0.330 e. The van der Waals surface area contributed by atoms with Crippen LogP contribution in [0, 0.1) is 17.1 Å². The number of aryl methyl sites for hydroxylation is 1. The molecule has 300 valence electrons. The molecule has 55 heavy (non-hydrogen) atoms. The molecule has 0 amide bonds. The molecule has 12 heteroatoms. The van der Waals surface area contributed by atoms with Crippen molar-refractivity contribution in [3.8, 4) is 6.07 Å². The molecule has 1 saturated heterocycles. The van der Waals surface area contributed by atoms with Crippen molar-refractivity contribution in [2.45, 2.75) is 142 Å². The second-order valence-corrected chi connectivity index (χ2v) is 15.0. The number of nitriles is 1. The third kappa shape index (κ3) is 14.8. The number of hydrogen-bond acceptors (Lipinski definition) is 9. The van der Waals surface area contributed by atoms with Crippen molar-refractivity contribution < 1.29 is 27.8 Å². The Labute approximate surface area is 328 Å². The van der Waals surface area contributed by atoms with E-state index in [9.17, 15) is 14.5 Å². The summed E-state index contributed by atoms with van der Waals surface area (Å²) < 4.78 is 39.8. The minimum atomic E-state index is -2.22. The predicted molar refractivity (Wildman–Crippen MR) is 217 cm³/mol. The third-order valence-corrected chi connectivity index (χ3v) is 10.6. The van der Waals surface area contributed by atoms with Crippen LogP contribution in [0.1, 0.15) is 151 Å². The Bertz CT molecular complexity index is 1720. The average molecular weight is 778 g/mol. The van der Waals surface area contributed by atoms with Gasteiger partial charge in [-0.15, -0.1) is 0 Å². The van der Waals surface area contributed by atoms with E-state index >= 15 is 0 Å². The summed E-state index contributed by atoms with van der Waals surface area (Å²) in [6, 6.07) is 18.2. The van der Waals surface area contributed by atoms with E-state index in [0.29, 0.717) is 11.4 Å². The maximum absolute atomic E-state index is 14.1. The van der Waals surface area contributed by atoms with E-state index in [1.807, 2.05) is 44.2 Å². The molecule has 1 aliphatic heterocycles. The fourth-order valence-corrected chi connectivity index (χ4v) is 7.51. The van der Waals surface area contributed by atoms with Gasteiger partial charge in [-0.05, 0) is 72.7 Å². The van der Waals surface area contributed by atoms with Gasteiger partial charge >= 0.3 is 8.60 Å². The SMILES string of the molecule is CC.CCCCCCCCCCCCCCc1ccc(C(COP(O)OCC2CCC(c3ccc4c(N)ncnn34)O2)OCc2cc(F)cc(C#N)c2)cc1. The van der Waals surface area contributed by atoms with E-state index in [2.05, 4.69) is 29.1 Å². The maximum Gasteiger partial charge on any atom is 0.330 e. The van der Waals surface area contributed by atoms with Crippen molar-refractivity contribution in [3.05, 3.63) is 94.7 Å². The number of ether oxygens (including phenoxy) is 2. The molecular formula is C43H61FN5O5P. The van der Waals surface area contributed by atoms with Gasteiger partial charge in [0.05, 0.1) is 43.3 Å². The lowest BCUT2D eigenvalue weighted by atomic mass is 10.0. The standard InChI is InChI=1S/C41H55FN5O5P.C2H6/c1-2-3-4-5-6-7-8-9-10-11-12-13-14-31-15-17-34(18-16-31)40(49-27-33-23-32(26-43)24-35(42)25-33)29-51-53(48)50-28-36-19-22-39(52-36)37-20-21-38-41(44)45-30-46-47(37)38;1-2/h15-18,20-21,23-25,30,36,39-40,48H,2-14,19,22,27-29H2,1H3,(H2,44,45,46);1-2H3. The topological polar surface area (TPSA) is 137 Å². The number of nitrogen functional groups attached to an aromatic ring is 1. The summed E-state index contributed by atoms with van der Waals surface area (Å²) in [6.45, 7) is 6.51. The predicted octanol–water partition coefficient (Wildman–Crippen LogP) is 11.0. The number of nitrogens with zero attached hydrogens (tertiary/aromatic N) is 4. The second kappa shape index (κ2) is 24.9. The molecule has 4 atom stereocenters. The number of anilines is 1. The molecule has 0 radical (unpaired) electrons. The van der Waals surface area contributed by atoms with Gasteiger partial charge < -0.3 is 29.1 Å². The van der Waals surface area contributed by atoms with Crippen LogP contribution >= 0.6 is 8.60 Å². The number of halogens is 1. The Balaban J connectivity index is 0.00000331. The summed E-state index contributed by atoms with van der Waals surface area (Å²) in [5, 5.41) is 13.6. The highest BCUT2D eigenvalue weighted by Gasteiger charge is 2.30. The molecule has 4 unspecified atom stereocenters. The van der Waals surface area contributed by atoms with Crippen LogP contribution in [0.5, 0.6) is 0 Å². The highest BCUT2D eigenvalue weighted by atomic mass is 31.2. The molecular weight excluding hydrogens is 716 g/mol. The highest BCUT2D eigenvalue weighted by Crippen LogP contribution is 2.39. The third-order valence-electron chi connectivity index (χ3n) is 9.86. The van der Waals surface area contributed by atoms with E-state index in [0.717, 1.165) is 42.5 Å². The van der Waals surface area contributed by atoms with Gasteiger partial charge in [0, 0.05) is 0 Å². The largest absolute Gasteiger partial charge is 0.382 e. The van der Waals surface area contributed by atoms with Crippen LogP contribution in [0.25, 0.3) is 5.52 Å². The van der Waals surface area contributed by atoms with Gasteiger partial charge in [-0.1, -0.05) is 116 Å². The Kier molecular flexibility index (Phi) is 20.0. The molecule has 10 nitrogen and oxygen atoms in total. The van der Waals surface area contributed by atoms with Gasteiger partial charge in [-0.25, -0.2) is 13.9 Å². The van der Waals surface area contributed by atoms with Gasteiger partial charge in [-0.3, -0.25) is 0 Å². The molecule has 2 aromatic carbocycles. The maximum atomic E-state index is 14.1. The molecule has 3 heterocycles. The fourth-order valence-electron chi connectivity index (χ4n) is 6.88. The molecule has 0 aliphatic carbocycles. The molecule has 4 aromatic rings. The Morgan fingerprint density at radius 2 is 1.62 bits per heavy atom. The zero-order valence-corrected chi connectivity index (χ0v) is 33.9. The van der Waals surface area contributed by atoms with Crippen LogP contribution in [0.15, 0.2) is 60.9 Å². The summed E-state index contributed by atoms with van der Waals surface area (Å²) in [5.41, 5.74) is 10.5. The van der Waals surface area contributed by atoms with E-state index in [4.69, 9.17) is 24.3 Å². The van der Waals surface area contributed by atoms with Crippen molar-refractivity contribution in [1.29, 1.82) is 5.26 Å². The van der Waals surface area contributed by atoms with Gasteiger partial charge in [0.1, 0.15) is 29.9 Å². The van der Waals surface area contributed by atoms with E-state index < -0.39 is 20.5 Å². The summed E-state index contributed by atoms with van der Waals surface area (Å²) in [4.78, 5) is 14.7. The van der Waals surface area contributed by atoms with Gasteiger partial charge in [0.15, 0.2) is 5.82 Å². The zero-order chi connectivity index (χ0) is 39.3. The van der Waals surface area contributed by atoms with Crippen LogP contribution in [0.3, 0.4) is 0 Å². The number of aromatic nitrogens is 3. The summed E-state index contributed by atoms with van der Waals surface area (Å²) in [5.74, 6) is -0.0908. The first-order valence-electron chi connectivity index (χ1n) is 20.3. The van der Waals surface area contributed by atoms with Crippen LogP contribution in [-0.4, -0.2) is 38.8 Å². The molecule has 2 aromatic heterocycles. The molecule has 1 fully saturated rings. The molecule has 0 spiro atoms. The number of fused-ring (bicyclic) bond motifs is 1. The zero-order valence-electron chi connectivity index (χ0n) is 33.0. The van der Waals surface area contributed by atoms with Gasteiger partial charge in [-0.2, -0.15) is 10.4 Å². The first-order valence-corrected chi connectivity index (χ1v) is 21.4. The Morgan fingerprint density at radius 1 is 0.927 bits per heavy atom. The average Bonchev–Trinajstić information content (AvgIpc) is 3.86. The summed E-state index contributed by atoms with van der Waals surface area (Å²) in [6.07, 6.45) is 18.9. The lowest BCUT2D eigenvalue weighted by molar-refractivity contribution is -0.00702. The molecule has 5 rings (SSSR count). The first kappa shape index (κ1) is 44.2. The van der Waals surface area contributed by atoms with Crippen molar-refractivity contribution in [1.82, 2.24) is 14.6 Å². The first-order chi connectivity index (χ1) is 26.9. The number of rotatable bonds is 24. The van der Waals surface area contributed by atoms with Crippen molar-refractivity contribution in [3.63, 3.8) is 0 Å². The Morgan fingerprint density at radius 3 is 2.31 bits per heavy atom. The number of hydrogen-bond donors (Lipinski definition) is 2. The minimum absolute atomic E-state index is 0.0200. The van der Waals surface area contributed by atoms with Crippen LogP contribution < -0.4 is 5.73 Å². The van der Waals surface area contributed by atoms with E-state index in [1.54, 1.807) is 10.6 Å². The van der Waals surface area contributed by atoms with Crippen LogP contribution in [0.2, 0.25) is 0 Å². The lowest BCUT2D eigenvalue weighted by Crippen LogP contribution is -2.15. The number of unbranched alkanes of at least 4 members (excludes halogenated alkanes) is 11.